The molecule has 0 saturated heterocycles. The average molecular weight is 201 g/mol. The first-order chi connectivity index (χ1) is 7.22. The smallest absolute Gasteiger partial charge is 0.288 e. The van der Waals surface area contributed by atoms with E-state index in [2.05, 4.69) is 4.98 Å². The number of pyridine rings is 1. The molecular formula is C11H9N2O2. The van der Waals surface area contributed by atoms with Crippen molar-refractivity contribution in [2.75, 3.05) is 7.11 Å². The number of hydrogen-bond donors (Lipinski definition) is 0. The number of nitrogens with one attached hydrogen (secondary N) is 1. The van der Waals surface area contributed by atoms with E-state index in [9.17, 15) is 4.79 Å². The topological polar surface area (TPSA) is 63.0 Å². The molecule has 0 unspecified atom stereocenters. The van der Waals surface area contributed by atoms with E-state index in [1.807, 2.05) is 18.2 Å². The summed E-state index contributed by atoms with van der Waals surface area (Å²) >= 11 is 0. The van der Waals surface area contributed by atoms with Gasteiger partial charge in [-0.15, -0.1) is 0 Å². The van der Waals surface area contributed by atoms with Crippen molar-refractivity contribution in [3.05, 3.63) is 36.0 Å². The maximum Gasteiger partial charge on any atom is 0.288 e. The second-order valence-electron chi connectivity index (χ2n) is 3.06. The van der Waals surface area contributed by atoms with Crippen LogP contribution in [-0.4, -0.2) is 18.0 Å². The molecule has 0 aliphatic rings. The summed E-state index contributed by atoms with van der Waals surface area (Å²) in [4.78, 5) is 15.0. The fourth-order valence-corrected chi connectivity index (χ4v) is 1.43. The minimum absolute atomic E-state index is 0.102. The van der Waals surface area contributed by atoms with Gasteiger partial charge < -0.3 is 4.74 Å². The number of ether oxygens (including phenoxy) is 1. The molecule has 0 bridgehead atoms. The van der Waals surface area contributed by atoms with E-state index in [-0.39, 0.29) is 5.69 Å². The van der Waals surface area contributed by atoms with Crippen LogP contribution >= 0.6 is 0 Å². The number of carbonyl (C=O) groups is 1. The van der Waals surface area contributed by atoms with Gasteiger partial charge in [0, 0.05) is 11.5 Å². The van der Waals surface area contributed by atoms with Crippen LogP contribution in [0.1, 0.15) is 10.5 Å². The predicted molar refractivity (Wildman–Crippen MR) is 55.7 cm³/mol. The van der Waals surface area contributed by atoms with Crippen molar-refractivity contribution in [1.82, 2.24) is 10.7 Å². The highest BCUT2D eigenvalue weighted by atomic mass is 16.5. The number of hydrogen-bond acceptors (Lipinski definition) is 3. The van der Waals surface area contributed by atoms with Crippen molar-refractivity contribution in [2.24, 2.45) is 0 Å². The van der Waals surface area contributed by atoms with Crippen molar-refractivity contribution < 1.29 is 9.53 Å². The summed E-state index contributed by atoms with van der Waals surface area (Å²) in [6.45, 7) is 0. The van der Waals surface area contributed by atoms with Crippen LogP contribution in [-0.2, 0) is 0 Å². The number of carbonyl (C=O) groups excluding carboxylic acids is 1. The van der Waals surface area contributed by atoms with Gasteiger partial charge in [0.15, 0.2) is 0 Å². The molecule has 1 amide bonds. The Morgan fingerprint density at radius 3 is 2.80 bits per heavy atom. The van der Waals surface area contributed by atoms with Crippen LogP contribution in [0.4, 0.5) is 0 Å². The van der Waals surface area contributed by atoms with Crippen LogP contribution in [0.3, 0.4) is 0 Å². The maximum atomic E-state index is 10.9. The molecule has 1 heterocycles. The summed E-state index contributed by atoms with van der Waals surface area (Å²) in [7, 11) is 1.53. The van der Waals surface area contributed by atoms with Gasteiger partial charge in [0.2, 0.25) is 0 Å². The molecule has 15 heavy (non-hydrogen) atoms. The number of nitrogens with zero attached hydrogens (tertiary/aromatic N) is 1. The molecule has 0 aliphatic carbocycles. The summed E-state index contributed by atoms with van der Waals surface area (Å²) in [6, 6.07) is 8.82. The van der Waals surface area contributed by atoms with Crippen molar-refractivity contribution in [3.8, 4) is 5.75 Å². The van der Waals surface area contributed by atoms with Gasteiger partial charge in [-0.1, -0.05) is 12.1 Å². The minimum atomic E-state index is -0.806. The molecule has 75 valence electrons. The molecule has 4 nitrogen and oxygen atoms in total. The zero-order valence-electron chi connectivity index (χ0n) is 8.15. The van der Waals surface area contributed by atoms with Crippen molar-refractivity contribution in [3.63, 3.8) is 0 Å². The lowest BCUT2D eigenvalue weighted by Crippen LogP contribution is -2.03. The van der Waals surface area contributed by atoms with Crippen molar-refractivity contribution in [1.29, 1.82) is 0 Å². The molecule has 1 N–H and O–H groups in total. The predicted octanol–water partition coefficient (Wildman–Crippen LogP) is 1.67. The lowest BCUT2D eigenvalue weighted by atomic mass is 10.2. The largest absolute Gasteiger partial charge is 0.496 e. The third-order valence-corrected chi connectivity index (χ3v) is 2.13. The summed E-state index contributed by atoms with van der Waals surface area (Å²) in [5.74, 6) is -0.241. The first-order valence-corrected chi connectivity index (χ1v) is 4.42. The summed E-state index contributed by atoms with van der Waals surface area (Å²) in [5.41, 5.74) is 7.77. The van der Waals surface area contributed by atoms with Gasteiger partial charge in [0.1, 0.15) is 11.4 Å². The quantitative estimate of drug-likeness (QED) is 0.742. The monoisotopic (exact) mass is 201 g/mol. The van der Waals surface area contributed by atoms with E-state index >= 15 is 0 Å². The Hall–Kier alpha value is -2.10. The number of amides is 1. The second kappa shape index (κ2) is 3.57. The highest BCUT2D eigenvalue weighted by Crippen LogP contribution is 2.24. The third kappa shape index (κ3) is 1.61. The van der Waals surface area contributed by atoms with Gasteiger partial charge in [0.25, 0.3) is 5.91 Å². The lowest BCUT2D eigenvalue weighted by molar-refractivity contribution is 0.0987. The van der Waals surface area contributed by atoms with E-state index in [0.717, 1.165) is 5.39 Å². The van der Waals surface area contributed by atoms with E-state index in [1.165, 1.54) is 13.2 Å². The molecule has 2 aromatic rings. The molecule has 0 spiro atoms. The molecule has 2 rings (SSSR count). The standard InChI is InChI=1S/C11H9N2O2/c1-15-10-6-9(11(12)14)13-8-5-3-2-4-7(8)10/h2-6,12H,1H3. The van der Waals surface area contributed by atoms with Crippen LogP contribution in [0.2, 0.25) is 0 Å². The number of methoxy groups -OCH3 is 1. The zero-order chi connectivity index (χ0) is 10.8. The molecule has 0 aliphatic heterocycles. The summed E-state index contributed by atoms with van der Waals surface area (Å²) < 4.78 is 5.14. The highest BCUT2D eigenvalue weighted by molar-refractivity contribution is 5.95. The van der Waals surface area contributed by atoms with E-state index in [4.69, 9.17) is 10.5 Å². The van der Waals surface area contributed by atoms with Crippen LogP contribution < -0.4 is 10.5 Å². The van der Waals surface area contributed by atoms with Gasteiger partial charge in [-0.2, -0.15) is 0 Å². The normalized spacial score (nSPS) is 10.2. The fourth-order valence-electron chi connectivity index (χ4n) is 1.43. The Bertz CT molecular complexity index is 523. The van der Waals surface area contributed by atoms with Gasteiger partial charge in [-0.05, 0) is 12.1 Å². The molecule has 1 aromatic heterocycles. The summed E-state index contributed by atoms with van der Waals surface area (Å²) in [5, 5.41) is 0.838. The average Bonchev–Trinajstić information content (AvgIpc) is 2.27. The van der Waals surface area contributed by atoms with Crippen LogP contribution in [0, 0.1) is 0 Å². The van der Waals surface area contributed by atoms with Gasteiger partial charge >= 0.3 is 0 Å². The first-order valence-electron chi connectivity index (χ1n) is 4.42. The maximum absolute atomic E-state index is 10.9. The van der Waals surface area contributed by atoms with Crippen LogP contribution in [0.15, 0.2) is 30.3 Å². The van der Waals surface area contributed by atoms with Gasteiger partial charge in [-0.3, -0.25) is 10.5 Å². The minimum Gasteiger partial charge on any atom is -0.496 e. The zero-order valence-corrected chi connectivity index (χ0v) is 8.15. The Kier molecular flexibility index (Phi) is 2.25. The Balaban J connectivity index is 2.77. The highest BCUT2D eigenvalue weighted by Gasteiger charge is 2.09. The molecule has 0 fully saturated rings. The molecular weight excluding hydrogens is 192 g/mol. The number of aromatic nitrogens is 1. The van der Waals surface area contributed by atoms with Gasteiger partial charge in [-0.25, -0.2) is 4.98 Å². The van der Waals surface area contributed by atoms with Crippen molar-refractivity contribution >= 4 is 16.8 Å². The Morgan fingerprint density at radius 2 is 2.13 bits per heavy atom. The van der Waals surface area contributed by atoms with E-state index in [1.54, 1.807) is 6.07 Å². The Labute approximate surface area is 86.7 Å². The molecule has 1 radical (unpaired) electrons. The molecule has 4 heteroatoms. The number of fused-ring (bicyclic) bond motifs is 1. The first kappa shape index (κ1) is 9.45. The number of benzene rings is 1. The lowest BCUT2D eigenvalue weighted by Gasteiger charge is -2.05. The molecule has 1 aromatic carbocycles. The van der Waals surface area contributed by atoms with E-state index in [0.29, 0.717) is 11.3 Å². The number of rotatable bonds is 2. The summed E-state index contributed by atoms with van der Waals surface area (Å²) in [6.07, 6.45) is 0. The van der Waals surface area contributed by atoms with Gasteiger partial charge in [0.05, 0.1) is 12.6 Å². The molecule has 0 saturated carbocycles. The SMILES string of the molecule is COc1cc(C([NH])=O)nc2ccccc12. The second-order valence-corrected chi connectivity index (χ2v) is 3.06. The van der Waals surface area contributed by atoms with Crippen LogP contribution in [0.25, 0.3) is 10.9 Å². The number of para-hydroxylation sites is 1. The third-order valence-electron chi connectivity index (χ3n) is 2.13. The fraction of sp³-hybridized carbons (Fsp3) is 0.0909. The van der Waals surface area contributed by atoms with E-state index < -0.39 is 5.91 Å². The Morgan fingerprint density at radius 1 is 1.40 bits per heavy atom. The van der Waals surface area contributed by atoms with Crippen molar-refractivity contribution in [2.45, 2.75) is 0 Å². The van der Waals surface area contributed by atoms with Crippen LogP contribution in [0.5, 0.6) is 5.75 Å². The molecule has 0 atom stereocenters.